The predicted octanol–water partition coefficient (Wildman–Crippen LogP) is 5.28. The van der Waals surface area contributed by atoms with Gasteiger partial charge in [-0.3, -0.25) is 4.79 Å². The van der Waals surface area contributed by atoms with Crippen LogP contribution in [0.2, 0.25) is 10.0 Å². The number of nitrogens with zero attached hydrogens (tertiary/aromatic N) is 3. The molecule has 0 aliphatic carbocycles. The van der Waals surface area contributed by atoms with Crippen molar-refractivity contribution >= 4 is 52.8 Å². The lowest BCUT2D eigenvalue weighted by molar-refractivity contribution is 0.101. The average molecular weight is 396 g/mol. The number of carbonyl (C=O) groups excluding carboxylic acids is 1. The van der Waals surface area contributed by atoms with E-state index in [1.807, 2.05) is 44.0 Å². The van der Waals surface area contributed by atoms with Crippen LogP contribution < -0.4 is 0 Å². The highest BCUT2D eigenvalue weighted by atomic mass is 35.5. The number of hydrogen-bond donors (Lipinski definition) is 0. The maximum atomic E-state index is 12.5. The summed E-state index contributed by atoms with van der Waals surface area (Å²) >= 11 is 13.6. The third-order valence-corrected chi connectivity index (χ3v) is 4.98. The summed E-state index contributed by atoms with van der Waals surface area (Å²) in [5.74, 6) is 0.118. The Morgan fingerprint density at radius 1 is 1.36 bits per heavy atom. The highest BCUT2D eigenvalue weighted by molar-refractivity contribution is 8.00. The van der Waals surface area contributed by atoms with E-state index in [4.69, 9.17) is 23.2 Å². The number of thioether (sulfide) groups is 1. The van der Waals surface area contributed by atoms with Crippen molar-refractivity contribution in [3.05, 3.63) is 51.8 Å². The van der Waals surface area contributed by atoms with E-state index in [2.05, 4.69) is 9.98 Å². The van der Waals surface area contributed by atoms with Gasteiger partial charge in [0.05, 0.1) is 28.5 Å². The molecule has 0 aliphatic heterocycles. The molecule has 1 aromatic heterocycles. The normalized spacial score (nSPS) is 11.1. The van der Waals surface area contributed by atoms with Gasteiger partial charge in [-0.05, 0) is 38.1 Å². The fraction of sp³-hybridized carbons (Fsp3) is 0.278. The molecule has 2 rings (SSSR count). The number of carbonyl (C=O) groups is 1. The van der Waals surface area contributed by atoms with Crippen LogP contribution in [0.4, 0.5) is 5.69 Å². The molecule has 4 nitrogen and oxygen atoms in total. The lowest BCUT2D eigenvalue weighted by Gasteiger charge is -2.10. The quantitative estimate of drug-likeness (QED) is 0.276. The Hall–Kier alpha value is -1.56. The van der Waals surface area contributed by atoms with Crippen molar-refractivity contribution in [1.82, 2.24) is 9.88 Å². The first-order chi connectivity index (χ1) is 11.9. The van der Waals surface area contributed by atoms with Gasteiger partial charge in [-0.15, -0.1) is 11.8 Å². The fourth-order valence-corrected chi connectivity index (χ4v) is 3.24. The second kappa shape index (κ2) is 9.22. The molecule has 0 spiro atoms. The van der Waals surface area contributed by atoms with Crippen molar-refractivity contribution in [2.75, 3.05) is 19.3 Å². The Morgan fingerprint density at radius 2 is 2.12 bits per heavy atom. The van der Waals surface area contributed by atoms with E-state index in [0.29, 0.717) is 21.4 Å². The van der Waals surface area contributed by atoms with Crippen LogP contribution in [0.15, 0.2) is 40.2 Å². The monoisotopic (exact) mass is 395 g/mol. The molecule has 25 heavy (non-hydrogen) atoms. The van der Waals surface area contributed by atoms with Crippen LogP contribution in [0, 0.1) is 6.92 Å². The van der Waals surface area contributed by atoms with Gasteiger partial charge in [0, 0.05) is 23.5 Å². The number of hydrogen-bond acceptors (Lipinski definition) is 4. The summed E-state index contributed by atoms with van der Waals surface area (Å²) in [6, 6.07) is 9.06. The minimum absolute atomic E-state index is 0.126. The number of halogens is 2. The van der Waals surface area contributed by atoms with Crippen LogP contribution in [0.1, 0.15) is 23.1 Å². The van der Waals surface area contributed by atoms with E-state index in [0.717, 1.165) is 11.4 Å². The molecule has 0 aliphatic rings. The zero-order valence-corrected chi connectivity index (χ0v) is 16.6. The van der Waals surface area contributed by atoms with Gasteiger partial charge in [-0.25, -0.2) is 9.98 Å². The van der Waals surface area contributed by atoms with Crippen molar-refractivity contribution in [3.8, 4) is 0 Å². The summed E-state index contributed by atoms with van der Waals surface area (Å²) in [4.78, 5) is 24.0. The number of rotatable bonds is 7. The Bertz CT molecular complexity index is 796. The first kappa shape index (κ1) is 19.8. The molecule has 0 radical (unpaired) electrons. The molecule has 7 heteroatoms. The number of Topliss-reactive ketones (excluding diaryl/α,β-unsaturated/α-hetero) is 1. The van der Waals surface area contributed by atoms with Crippen LogP contribution in [-0.2, 0) is 0 Å². The smallest absolute Gasteiger partial charge is 0.192 e. The zero-order chi connectivity index (χ0) is 18.4. The Balaban J connectivity index is 2.12. The van der Waals surface area contributed by atoms with Crippen LogP contribution in [0.5, 0.6) is 0 Å². The average Bonchev–Trinajstić information content (AvgIpc) is 2.59. The number of aliphatic imine (C=N–C) groups is 1. The van der Waals surface area contributed by atoms with Gasteiger partial charge >= 0.3 is 0 Å². The van der Waals surface area contributed by atoms with Crippen molar-refractivity contribution in [2.24, 2.45) is 4.99 Å². The van der Waals surface area contributed by atoms with Crippen molar-refractivity contribution in [1.29, 1.82) is 0 Å². The summed E-state index contributed by atoms with van der Waals surface area (Å²) in [5.41, 5.74) is 1.60. The zero-order valence-electron chi connectivity index (χ0n) is 14.3. The van der Waals surface area contributed by atoms with E-state index in [-0.39, 0.29) is 17.2 Å². The molecule has 0 N–H and O–H groups in total. The molecule has 132 valence electrons. The number of benzene rings is 1. The SMILES string of the molecule is CCN(C)/C=N\c1cc(Cl)c(C(=O)CSc2cccc(Cl)c2)nc1C. The summed E-state index contributed by atoms with van der Waals surface area (Å²) in [7, 11) is 1.93. The number of pyridine rings is 1. The highest BCUT2D eigenvalue weighted by Gasteiger charge is 2.15. The minimum Gasteiger partial charge on any atom is -0.366 e. The van der Waals surface area contributed by atoms with Gasteiger partial charge in [0.2, 0.25) is 0 Å². The van der Waals surface area contributed by atoms with Crippen molar-refractivity contribution < 1.29 is 4.79 Å². The first-order valence-electron chi connectivity index (χ1n) is 7.73. The van der Waals surface area contributed by atoms with E-state index >= 15 is 0 Å². The molecule has 0 saturated heterocycles. The van der Waals surface area contributed by atoms with E-state index in [9.17, 15) is 4.79 Å². The Labute approximate surface area is 162 Å². The van der Waals surface area contributed by atoms with E-state index in [1.165, 1.54) is 11.8 Å². The lowest BCUT2D eigenvalue weighted by atomic mass is 10.2. The molecule has 0 fully saturated rings. The summed E-state index contributed by atoms with van der Waals surface area (Å²) in [6.45, 7) is 4.69. The molecule has 1 aromatic carbocycles. The van der Waals surface area contributed by atoms with E-state index in [1.54, 1.807) is 18.5 Å². The maximum absolute atomic E-state index is 12.5. The van der Waals surface area contributed by atoms with Crippen LogP contribution in [0.25, 0.3) is 0 Å². The third kappa shape index (κ3) is 5.73. The largest absolute Gasteiger partial charge is 0.366 e. The Morgan fingerprint density at radius 3 is 2.80 bits per heavy atom. The molecular weight excluding hydrogens is 377 g/mol. The topological polar surface area (TPSA) is 45.6 Å². The van der Waals surface area contributed by atoms with Gasteiger partial charge in [-0.1, -0.05) is 29.3 Å². The second-order valence-corrected chi connectivity index (χ2v) is 7.30. The molecule has 1 heterocycles. The first-order valence-corrected chi connectivity index (χ1v) is 9.48. The van der Waals surface area contributed by atoms with Gasteiger partial charge in [0.25, 0.3) is 0 Å². The van der Waals surface area contributed by atoms with Gasteiger partial charge < -0.3 is 4.90 Å². The molecule has 0 amide bonds. The van der Waals surface area contributed by atoms with Gasteiger partial charge in [0.1, 0.15) is 5.69 Å². The molecule has 0 atom stereocenters. The molecular formula is C18H19Cl2N3OS. The van der Waals surface area contributed by atoms with Crippen LogP contribution >= 0.6 is 35.0 Å². The summed E-state index contributed by atoms with van der Waals surface area (Å²) in [6.07, 6.45) is 1.72. The Kier molecular flexibility index (Phi) is 7.29. The fourth-order valence-electron chi connectivity index (χ4n) is 1.91. The molecule has 0 bridgehead atoms. The maximum Gasteiger partial charge on any atom is 0.192 e. The van der Waals surface area contributed by atoms with E-state index < -0.39 is 0 Å². The number of aryl methyl sites for hydroxylation is 1. The lowest BCUT2D eigenvalue weighted by Crippen LogP contribution is -2.14. The summed E-state index contributed by atoms with van der Waals surface area (Å²) in [5, 5.41) is 0.956. The minimum atomic E-state index is -0.126. The van der Waals surface area contributed by atoms with Gasteiger partial charge in [-0.2, -0.15) is 0 Å². The van der Waals surface area contributed by atoms with Crippen molar-refractivity contribution in [2.45, 2.75) is 18.7 Å². The second-order valence-electron chi connectivity index (χ2n) is 5.41. The number of ketones is 1. The highest BCUT2D eigenvalue weighted by Crippen LogP contribution is 2.27. The van der Waals surface area contributed by atoms with Crippen molar-refractivity contribution in [3.63, 3.8) is 0 Å². The molecule has 2 aromatic rings. The number of aromatic nitrogens is 1. The summed E-state index contributed by atoms with van der Waals surface area (Å²) < 4.78 is 0. The van der Waals surface area contributed by atoms with Gasteiger partial charge in [0.15, 0.2) is 5.78 Å². The predicted molar refractivity (Wildman–Crippen MR) is 107 cm³/mol. The third-order valence-electron chi connectivity index (χ3n) is 3.46. The van der Waals surface area contributed by atoms with Crippen LogP contribution in [0.3, 0.4) is 0 Å². The standard InChI is InChI=1S/C18H19Cl2N3OS/c1-4-23(3)11-21-16-9-15(20)18(22-12(16)2)17(24)10-25-14-7-5-6-13(19)8-14/h5-9,11H,4,10H2,1-3H3/b21-11-. The molecule has 0 saturated carbocycles. The van der Waals surface area contributed by atoms with Crippen LogP contribution in [-0.4, -0.2) is 41.4 Å². The molecule has 0 unspecified atom stereocenters.